The smallest absolute Gasteiger partial charge is 0.164 e. The van der Waals surface area contributed by atoms with Gasteiger partial charge in [-0.1, -0.05) is 140 Å². The van der Waals surface area contributed by atoms with Crippen LogP contribution in [0.5, 0.6) is 0 Å². The topological polar surface area (TPSA) is 38.7 Å². The molecule has 0 saturated carbocycles. The van der Waals surface area contributed by atoms with Crippen molar-refractivity contribution in [3.05, 3.63) is 152 Å². The third-order valence-electron chi connectivity index (χ3n) is 8.51. The molecule has 0 spiro atoms. The van der Waals surface area contributed by atoms with Crippen molar-refractivity contribution >= 4 is 53.1 Å². The zero-order chi connectivity index (χ0) is 29.7. The van der Waals surface area contributed by atoms with Crippen LogP contribution in [0.2, 0.25) is 0 Å². The summed E-state index contributed by atoms with van der Waals surface area (Å²) >= 11 is 1.89. The van der Waals surface area contributed by atoms with E-state index >= 15 is 0 Å². The highest BCUT2D eigenvalue weighted by molar-refractivity contribution is 7.27. The predicted octanol–water partition coefficient (Wildman–Crippen LogP) is 11.2. The second-order valence-corrected chi connectivity index (χ2v) is 12.3. The molecule has 210 valence electrons. The van der Waals surface area contributed by atoms with Crippen LogP contribution in [0.3, 0.4) is 0 Å². The van der Waals surface area contributed by atoms with E-state index in [-0.39, 0.29) is 0 Å². The zero-order valence-corrected chi connectivity index (χ0v) is 25.0. The lowest BCUT2D eigenvalue weighted by Gasteiger charge is -2.12. The zero-order valence-electron chi connectivity index (χ0n) is 24.2. The lowest BCUT2D eigenvalue weighted by Crippen LogP contribution is -2.00. The highest BCUT2D eigenvalue weighted by atomic mass is 32.1. The molecule has 45 heavy (non-hydrogen) atoms. The van der Waals surface area contributed by atoms with E-state index in [4.69, 9.17) is 15.0 Å². The van der Waals surface area contributed by atoms with Crippen molar-refractivity contribution in [3.8, 4) is 45.3 Å². The summed E-state index contributed by atoms with van der Waals surface area (Å²) in [5.41, 5.74) is 5.29. The fourth-order valence-corrected chi connectivity index (χ4v) is 7.64. The molecule has 7 aromatic carbocycles. The quantitative estimate of drug-likeness (QED) is 0.191. The van der Waals surface area contributed by atoms with Crippen LogP contribution < -0.4 is 0 Å². The van der Waals surface area contributed by atoms with E-state index in [2.05, 4.69) is 91.0 Å². The van der Waals surface area contributed by atoms with Gasteiger partial charge in [0.05, 0.1) is 0 Å². The summed E-state index contributed by atoms with van der Waals surface area (Å²) in [7, 11) is 0. The largest absolute Gasteiger partial charge is 0.208 e. The van der Waals surface area contributed by atoms with Crippen molar-refractivity contribution in [1.82, 2.24) is 15.0 Å². The molecule has 0 radical (unpaired) electrons. The van der Waals surface area contributed by atoms with E-state index in [1.807, 2.05) is 72.0 Å². The maximum absolute atomic E-state index is 4.93. The van der Waals surface area contributed by atoms with Gasteiger partial charge in [0.15, 0.2) is 17.5 Å². The highest BCUT2D eigenvalue weighted by Gasteiger charge is 2.17. The molecule has 0 unspecified atom stereocenters. The molecule has 0 aliphatic heterocycles. The molecule has 0 aliphatic carbocycles. The number of fused-ring (bicyclic) bond motifs is 7. The van der Waals surface area contributed by atoms with Gasteiger partial charge >= 0.3 is 0 Å². The molecule has 4 heteroatoms. The van der Waals surface area contributed by atoms with E-state index in [0.29, 0.717) is 17.5 Å². The van der Waals surface area contributed by atoms with E-state index in [0.717, 1.165) is 16.7 Å². The fourth-order valence-electron chi connectivity index (χ4n) is 6.34. The van der Waals surface area contributed by atoms with Crippen LogP contribution >= 0.6 is 11.3 Å². The number of thiophene rings is 1. The summed E-state index contributed by atoms with van der Waals surface area (Å²) in [6, 6.07) is 53.2. The van der Waals surface area contributed by atoms with E-state index < -0.39 is 0 Å². The molecule has 0 N–H and O–H groups in total. The maximum Gasteiger partial charge on any atom is 0.164 e. The molecule has 2 heterocycles. The molecular weight excluding hydrogens is 567 g/mol. The Kier molecular flexibility index (Phi) is 6.00. The summed E-state index contributed by atoms with van der Waals surface area (Å²) in [5.74, 6) is 1.99. The Morgan fingerprint density at radius 3 is 1.56 bits per heavy atom. The summed E-state index contributed by atoms with van der Waals surface area (Å²) in [5, 5.41) is 7.75. The minimum atomic E-state index is 0.658. The van der Waals surface area contributed by atoms with Crippen molar-refractivity contribution in [2.75, 3.05) is 0 Å². The van der Waals surface area contributed by atoms with Crippen LogP contribution in [-0.2, 0) is 0 Å². The minimum Gasteiger partial charge on any atom is -0.208 e. The Morgan fingerprint density at radius 2 is 0.889 bits per heavy atom. The van der Waals surface area contributed by atoms with Gasteiger partial charge in [0, 0.05) is 42.2 Å². The van der Waals surface area contributed by atoms with Crippen molar-refractivity contribution in [1.29, 1.82) is 0 Å². The van der Waals surface area contributed by atoms with Gasteiger partial charge in [-0.05, 0) is 39.4 Å². The van der Waals surface area contributed by atoms with E-state index in [1.54, 1.807) is 0 Å². The molecule has 2 aromatic heterocycles. The van der Waals surface area contributed by atoms with Crippen molar-refractivity contribution in [3.63, 3.8) is 0 Å². The van der Waals surface area contributed by atoms with Crippen LogP contribution in [0, 0.1) is 0 Å². The summed E-state index contributed by atoms with van der Waals surface area (Å²) in [6.07, 6.45) is 0. The number of benzene rings is 7. The summed E-state index contributed by atoms with van der Waals surface area (Å²) in [6.45, 7) is 0. The standard InChI is InChI=1S/C41H25N3S/c1-3-12-28(13-4-1)39-42-40(29-14-5-2-6-15-29)44-41(43-39)30-22-19-27(20-23-30)34-25-31-24-21-26-11-7-8-16-32(26)36(31)38-37(34)33-17-9-10-18-35(33)45-38/h1-25H. The first-order valence-electron chi connectivity index (χ1n) is 15.0. The molecule has 0 atom stereocenters. The average Bonchev–Trinajstić information content (AvgIpc) is 3.51. The van der Waals surface area contributed by atoms with Gasteiger partial charge in [0.25, 0.3) is 0 Å². The summed E-state index contributed by atoms with van der Waals surface area (Å²) in [4.78, 5) is 14.7. The number of rotatable bonds is 4. The molecule has 9 aromatic rings. The second-order valence-electron chi connectivity index (χ2n) is 11.2. The Labute approximate surface area is 264 Å². The molecule has 0 amide bonds. The number of hydrogen-bond acceptors (Lipinski definition) is 4. The van der Waals surface area contributed by atoms with Gasteiger partial charge in [-0.25, -0.2) is 15.0 Å². The average molecular weight is 592 g/mol. The molecule has 9 rings (SSSR count). The third-order valence-corrected chi connectivity index (χ3v) is 9.69. The van der Waals surface area contributed by atoms with E-state index in [1.165, 1.54) is 52.8 Å². The van der Waals surface area contributed by atoms with Crippen LogP contribution in [0.15, 0.2) is 152 Å². The van der Waals surface area contributed by atoms with Gasteiger partial charge < -0.3 is 0 Å². The molecule has 0 bridgehead atoms. The lowest BCUT2D eigenvalue weighted by molar-refractivity contribution is 1.07. The first kappa shape index (κ1) is 25.8. The van der Waals surface area contributed by atoms with Crippen molar-refractivity contribution < 1.29 is 0 Å². The molecular formula is C41H25N3S. The first-order valence-corrected chi connectivity index (χ1v) is 15.9. The van der Waals surface area contributed by atoms with Gasteiger partial charge in [0.2, 0.25) is 0 Å². The Balaban J connectivity index is 1.23. The highest BCUT2D eigenvalue weighted by Crippen LogP contribution is 2.46. The number of nitrogens with zero attached hydrogens (tertiary/aromatic N) is 3. The van der Waals surface area contributed by atoms with E-state index in [9.17, 15) is 0 Å². The van der Waals surface area contributed by atoms with Crippen LogP contribution in [0.25, 0.3) is 87.0 Å². The Hall–Kier alpha value is -5.71. The van der Waals surface area contributed by atoms with Crippen LogP contribution in [0.1, 0.15) is 0 Å². The van der Waals surface area contributed by atoms with Gasteiger partial charge in [-0.15, -0.1) is 11.3 Å². The van der Waals surface area contributed by atoms with Gasteiger partial charge in [0.1, 0.15) is 0 Å². The van der Waals surface area contributed by atoms with Crippen LogP contribution in [0.4, 0.5) is 0 Å². The predicted molar refractivity (Wildman–Crippen MR) is 189 cm³/mol. The number of aromatic nitrogens is 3. The first-order chi connectivity index (χ1) is 22.3. The van der Waals surface area contributed by atoms with Crippen LogP contribution in [-0.4, -0.2) is 15.0 Å². The summed E-state index contributed by atoms with van der Waals surface area (Å²) < 4.78 is 2.64. The van der Waals surface area contributed by atoms with Crippen molar-refractivity contribution in [2.24, 2.45) is 0 Å². The molecule has 0 fully saturated rings. The molecule has 3 nitrogen and oxygen atoms in total. The second kappa shape index (κ2) is 10.5. The molecule has 0 aliphatic rings. The normalized spacial score (nSPS) is 11.6. The lowest BCUT2D eigenvalue weighted by atomic mass is 9.93. The van der Waals surface area contributed by atoms with Gasteiger partial charge in [-0.3, -0.25) is 0 Å². The Morgan fingerprint density at radius 1 is 0.378 bits per heavy atom. The maximum atomic E-state index is 4.93. The third kappa shape index (κ3) is 4.38. The minimum absolute atomic E-state index is 0.658. The SMILES string of the molecule is c1ccc(-c2nc(-c3ccccc3)nc(-c3ccc(-c4cc5ccc6ccccc6c5c5sc6ccccc6c45)cc3)n2)cc1. The number of hydrogen-bond donors (Lipinski definition) is 0. The fraction of sp³-hybridized carbons (Fsp3) is 0. The van der Waals surface area contributed by atoms with Gasteiger partial charge in [-0.2, -0.15) is 0 Å². The van der Waals surface area contributed by atoms with Crippen molar-refractivity contribution in [2.45, 2.75) is 0 Å². The monoisotopic (exact) mass is 591 g/mol. The Bertz CT molecular complexity index is 2460. The molecule has 0 saturated heterocycles.